The molecule has 0 fully saturated rings. The minimum absolute atomic E-state index is 0.309. The maximum Gasteiger partial charge on any atom is 0.338 e. The number of nitrogens with zero attached hydrogens (tertiary/aromatic N) is 2. The van der Waals surface area contributed by atoms with Crippen LogP contribution in [0.5, 0.6) is 0 Å². The van der Waals surface area contributed by atoms with E-state index < -0.39 is 0 Å². The number of benzene rings is 2. The number of hydrogen-bond acceptors (Lipinski definition) is 5. The lowest BCUT2D eigenvalue weighted by atomic mass is 9.95. The highest BCUT2D eigenvalue weighted by atomic mass is 32.2. The highest BCUT2D eigenvalue weighted by Gasteiger charge is 2.37. The third-order valence-electron chi connectivity index (χ3n) is 4.63. The predicted molar refractivity (Wildman–Crippen MR) is 110 cm³/mol. The number of thioether (sulfide) groups is 1. The number of rotatable bonds is 4. The third-order valence-corrected chi connectivity index (χ3v) is 5.47. The van der Waals surface area contributed by atoms with Crippen molar-refractivity contribution in [1.82, 2.24) is 4.90 Å². The van der Waals surface area contributed by atoms with Gasteiger partial charge in [0.05, 0.1) is 17.9 Å². The van der Waals surface area contributed by atoms with Crippen molar-refractivity contribution in [1.29, 1.82) is 0 Å². The second-order valence-corrected chi connectivity index (χ2v) is 7.10. The van der Waals surface area contributed by atoms with Gasteiger partial charge in [-0.25, -0.2) is 9.79 Å². The van der Waals surface area contributed by atoms with Gasteiger partial charge in [-0.1, -0.05) is 72.4 Å². The Bertz CT molecular complexity index is 949. The quantitative estimate of drug-likeness (QED) is 0.706. The van der Waals surface area contributed by atoms with Gasteiger partial charge in [0, 0.05) is 11.1 Å². The van der Waals surface area contributed by atoms with Crippen molar-refractivity contribution in [2.45, 2.75) is 19.9 Å². The summed E-state index contributed by atoms with van der Waals surface area (Å²) < 4.78 is 5.37. The van der Waals surface area contributed by atoms with Crippen LogP contribution in [0, 0.1) is 0 Å². The molecular weight excluding hydrogens is 356 g/mol. The second kappa shape index (κ2) is 7.45. The third kappa shape index (κ3) is 3.19. The van der Waals surface area contributed by atoms with Crippen molar-refractivity contribution >= 4 is 28.6 Å². The molecular formula is C22H20N2O2S. The Morgan fingerprint density at radius 1 is 1.11 bits per heavy atom. The smallest absolute Gasteiger partial charge is 0.338 e. The summed E-state index contributed by atoms with van der Waals surface area (Å²) in [5.41, 5.74) is 4.57. The molecule has 2 aliphatic heterocycles. The molecule has 0 saturated heterocycles. The molecule has 1 unspecified atom stereocenters. The van der Waals surface area contributed by atoms with Crippen LogP contribution in [0.25, 0.3) is 5.70 Å². The van der Waals surface area contributed by atoms with Crippen LogP contribution in [-0.2, 0) is 9.53 Å². The Balaban J connectivity index is 1.81. The molecule has 0 N–H and O–H groups in total. The molecule has 0 aliphatic carbocycles. The van der Waals surface area contributed by atoms with E-state index in [9.17, 15) is 4.79 Å². The predicted octanol–water partition coefficient (Wildman–Crippen LogP) is 4.98. The summed E-state index contributed by atoms with van der Waals surface area (Å²) in [7, 11) is 0. The first-order valence-electron chi connectivity index (χ1n) is 8.93. The number of ether oxygens (including phenoxy) is 1. The van der Waals surface area contributed by atoms with Gasteiger partial charge in [-0.3, -0.25) is 4.90 Å². The van der Waals surface area contributed by atoms with Crippen LogP contribution in [0.3, 0.4) is 0 Å². The van der Waals surface area contributed by atoms with Gasteiger partial charge in [-0.2, -0.15) is 0 Å². The van der Waals surface area contributed by atoms with E-state index in [0.717, 1.165) is 27.7 Å². The maximum absolute atomic E-state index is 12.8. The van der Waals surface area contributed by atoms with Crippen LogP contribution >= 0.6 is 11.8 Å². The highest BCUT2D eigenvalue weighted by Crippen LogP contribution is 2.44. The van der Waals surface area contributed by atoms with E-state index in [1.165, 1.54) is 0 Å². The first-order valence-corrected chi connectivity index (χ1v) is 9.81. The lowest BCUT2D eigenvalue weighted by molar-refractivity contribution is -0.139. The molecule has 0 spiro atoms. The van der Waals surface area contributed by atoms with Crippen molar-refractivity contribution in [2.75, 3.05) is 6.61 Å². The number of carbonyl (C=O) groups is 1. The lowest BCUT2D eigenvalue weighted by Gasteiger charge is -2.32. The Kier molecular flexibility index (Phi) is 4.86. The van der Waals surface area contributed by atoms with E-state index in [0.29, 0.717) is 12.2 Å². The molecule has 5 heteroatoms. The van der Waals surface area contributed by atoms with Gasteiger partial charge in [-0.05, 0) is 25.0 Å². The fraction of sp³-hybridized carbons (Fsp3) is 0.182. The van der Waals surface area contributed by atoms with E-state index in [2.05, 4.69) is 22.4 Å². The first kappa shape index (κ1) is 17.6. The van der Waals surface area contributed by atoms with Crippen LogP contribution in [0.15, 0.2) is 82.3 Å². The van der Waals surface area contributed by atoms with Gasteiger partial charge in [-0.15, -0.1) is 0 Å². The minimum atomic E-state index is -0.354. The maximum atomic E-state index is 12.8. The van der Waals surface area contributed by atoms with Crippen molar-refractivity contribution in [3.05, 3.63) is 88.5 Å². The fourth-order valence-corrected chi connectivity index (χ4v) is 4.34. The Labute approximate surface area is 163 Å². The molecule has 0 bridgehead atoms. The number of carbonyl (C=O) groups excluding carboxylic acids is 1. The first-order chi connectivity index (χ1) is 13.2. The van der Waals surface area contributed by atoms with Gasteiger partial charge in [0.15, 0.2) is 5.17 Å². The van der Waals surface area contributed by atoms with Gasteiger partial charge in [0.25, 0.3) is 0 Å². The number of aliphatic imine (C=N–C) groups is 1. The molecule has 136 valence electrons. The summed E-state index contributed by atoms with van der Waals surface area (Å²) in [6.07, 6.45) is 0. The van der Waals surface area contributed by atoms with Gasteiger partial charge < -0.3 is 4.74 Å². The van der Waals surface area contributed by atoms with E-state index in [1.54, 1.807) is 11.8 Å². The number of amidine groups is 1. The average Bonchev–Trinajstić information content (AvgIpc) is 3.14. The van der Waals surface area contributed by atoms with Crippen molar-refractivity contribution in [3.63, 3.8) is 0 Å². The second-order valence-electron chi connectivity index (χ2n) is 6.27. The fourth-order valence-electron chi connectivity index (χ4n) is 3.37. The largest absolute Gasteiger partial charge is 0.463 e. The lowest BCUT2D eigenvalue weighted by Crippen LogP contribution is -2.31. The standard InChI is InChI=1S/C22H20N2O2S/c1-3-26-21(25)19-15(2)24-18(16-10-6-4-7-11-16)14-27-22(24)23-20(19)17-12-8-5-9-13-17/h4-14,20H,3H2,1-2H3. The molecule has 2 aromatic rings. The van der Waals surface area contributed by atoms with Crippen molar-refractivity contribution in [3.8, 4) is 0 Å². The molecule has 2 heterocycles. The summed E-state index contributed by atoms with van der Waals surface area (Å²) in [5.74, 6) is -0.309. The molecule has 1 atom stereocenters. The zero-order valence-corrected chi connectivity index (χ0v) is 16.1. The molecule has 4 nitrogen and oxygen atoms in total. The van der Waals surface area contributed by atoms with Crippen molar-refractivity contribution in [2.24, 2.45) is 4.99 Å². The number of esters is 1. The summed E-state index contributed by atoms with van der Waals surface area (Å²) in [6, 6.07) is 19.7. The Morgan fingerprint density at radius 2 is 1.78 bits per heavy atom. The summed E-state index contributed by atoms with van der Waals surface area (Å²) >= 11 is 1.59. The van der Waals surface area contributed by atoms with Crippen LogP contribution in [0.1, 0.15) is 31.0 Å². The van der Waals surface area contributed by atoms with Gasteiger partial charge in [0.2, 0.25) is 0 Å². The number of allylic oxidation sites excluding steroid dienone is 1. The highest BCUT2D eigenvalue weighted by molar-refractivity contribution is 8.16. The molecule has 2 aromatic carbocycles. The van der Waals surface area contributed by atoms with E-state index in [1.807, 2.05) is 62.4 Å². The zero-order valence-electron chi connectivity index (χ0n) is 15.3. The van der Waals surface area contributed by atoms with E-state index in [-0.39, 0.29) is 12.0 Å². The van der Waals surface area contributed by atoms with Crippen LogP contribution in [-0.4, -0.2) is 22.6 Å². The number of hydrogen-bond donors (Lipinski definition) is 0. The molecule has 0 aromatic heterocycles. The molecule has 27 heavy (non-hydrogen) atoms. The minimum Gasteiger partial charge on any atom is -0.463 e. The van der Waals surface area contributed by atoms with Crippen LogP contribution in [0.2, 0.25) is 0 Å². The Morgan fingerprint density at radius 3 is 2.44 bits per heavy atom. The molecule has 0 radical (unpaired) electrons. The monoisotopic (exact) mass is 376 g/mol. The van der Waals surface area contributed by atoms with Gasteiger partial charge in [0.1, 0.15) is 6.04 Å². The van der Waals surface area contributed by atoms with E-state index in [4.69, 9.17) is 9.73 Å². The van der Waals surface area contributed by atoms with Crippen LogP contribution in [0.4, 0.5) is 0 Å². The molecule has 4 rings (SSSR count). The molecule has 0 amide bonds. The topological polar surface area (TPSA) is 41.9 Å². The molecule has 2 aliphatic rings. The summed E-state index contributed by atoms with van der Waals surface area (Å²) in [5, 5.41) is 2.97. The zero-order chi connectivity index (χ0) is 18.8. The SMILES string of the molecule is CCOC(=O)C1=C(C)N2C(c3ccccc3)=CSC2=NC1c1ccccc1. The Hall–Kier alpha value is -2.79. The van der Waals surface area contributed by atoms with E-state index >= 15 is 0 Å². The normalized spacial score (nSPS) is 18.7. The number of fused-ring (bicyclic) bond motifs is 1. The average molecular weight is 376 g/mol. The van der Waals surface area contributed by atoms with Gasteiger partial charge >= 0.3 is 5.97 Å². The summed E-state index contributed by atoms with van der Waals surface area (Å²) in [4.78, 5) is 19.8. The summed E-state index contributed by atoms with van der Waals surface area (Å²) in [6.45, 7) is 4.13. The molecule has 0 saturated carbocycles. The van der Waals surface area contributed by atoms with Crippen molar-refractivity contribution < 1.29 is 9.53 Å². The van der Waals surface area contributed by atoms with Crippen LogP contribution < -0.4 is 0 Å².